The van der Waals surface area contributed by atoms with Crippen molar-refractivity contribution in [2.24, 2.45) is 0 Å². The third kappa shape index (κ3) is 2.67. The van der Waals surface area contributed by atoms with Gasteiger partial charge in [-0.15, -0.1) is 0 Å². The molecule has 0 aliphatic carbocycles. The Hall–Kier alpha value is -0.610. The fourth-order valence-corrected chi connectivity index (χ4v) is 1.53. The Balaban J connectivity index is 2.92. The van der Waals surface area contributed by atoms with Crippen LogP contribution in [-0.4, -0.2) is 21.3 Å². The molecule has 0 amide bonds. The normalized spacial score (nSPS) is 12.9. The molecule has 0 bridgehead atoms. The van der Waals surface area contributed by atoms with Crippen molar-refractivity contribution in [3.8, 4) is 0 Å². The lowest BCUT2D eigenvalue weighted by Gasteiger charge is -2.08. The van der Waals surface area contributed by atoms with Crippen molar-refractivity contribution in [1.82, 2.24) is 9.97 Å². The molecule has 4 heteroatoms. The Morgan fingerprint density at radius 2 is 2.31 bits per heavy atom. The van der Waals surface area contributed by atoms with Gasteiger partial charge in [0.1, 0.15) is 5.82 Å². The predicted octanol–water partition coefficient (Wildman–Crippen LogP) is 1.70. The lowest BCUT2D eigenvalue weighted by Crippen LogP contribution is -2.02. The first-order valence-electron chi connectivity index (χ1n) is 4.14. The number of nitrogens with zero attached hydrogens (tertiary/aromatic N) is 2. The minimum absolute atomic E-state index is 0.483. The number of aromatic nitrogens is 2. The summed E-state index contributed by atoms with van der Waals surface area (Å²) in [6.45, 7) is 3.62. The second-order valence-corrected chi connectivity index (χ2v) is 3.80. The van der Waals surface area contributed by atoms with Gasteiger partial charge in [-0.3, -0.25) is 0 Å². The zero-order valence-corrected chi connectivity index (χ0v) is 8.93. The third-order valence-electron chi connectivity index (χ3n) is 1.79. The van der Waals surface area contributed by atoms with E-state index in [-0.39, 0.29) is 0 Å². The van der Waals surface area contributed by atoms with Crippen LogP contribution in [0.4, 0.5) is 0 Å². The molecular formula is C9H14N2OS. The highest BCUT2D eigenvalue weighted by atomic mass is 32.2. The highest BCUT2D eigenvalue weighted by molar-refractivity contribution is 7.97. The van der Waals surface area contributed by atoms with E-state index in [1.165, 1.54) is 0 Å². The average Bonchev–Trinajstić information content (AvgIpc) is 2.04. The number of thioether (sulfide) groups is 1. The van der Waals surface area contributed by atoms with Crippen LogP contribution in [0.1, 0.15) is 30.1 Å². The molecule has 1 unspecified atom stereocenters. The molecule has 0 saturated carbocycles. The summed E-state index contributed by atoms with van der Waals surface area (Å²) in [4.78, 5) is 8.45. The molecule has 13 heavy (non-hydrogen) atoms. The largest absolute Gasteiger partial charge is 0.389 e. The van der Waals surface area contributed by atoms with Crippen molar-refractivity contribution in [3.63, 3.8) is 0 Å². The summed E-state index contributed by atoms with van der Waals surface area (Å²) in [7, 11) is 0. The van der Waals surface area contributed by atoms with Crippen molar-refractivity contribution in [1.29, 1.82) is 0 Å². The van der Waals surface area contributed by atoms with E-state index in [0.717, 1.165) is 22.8 Å². The van der Waals surface area contributed by atoms with Crippen LogP contribution in [0.3, 0.4) is 0 Å². The Morgan fingerprint density at radius 3 is 2.77 bits per heavy atom. The van der Waals surface area contributed by atoms with Crippen molar-refractivity contribution >= 4 is 11.8 Å². The lowest BCUT2D eigenvalue weighted by atomic mass is 10.1. The maximum atomic E-state index is 9.34. The Bertz CT molecular complexity index is 289. The van der Waals surface area contributed by atoms with E-state index < -0.39 is 6.10 Å². The van der Waals surface area contributed by atoms with Crippen molar-refractivity contribution in [2.45, 2.75) is 25.7 Å². The van der Waals surface area contributed by atoms with Gasteiger partial charge in [-0.25, -0.2) is 9.97 Å². The van der Waals surface area contributed by atoms with E-state index in [0.29, 0.717) is 0 Å². The summed E-state index contributed by atoms with van der Waals surface area (Å²) in [6.07, 6.45) is 3.24. The number of aliphatic hydroxyl groups is 1. The van der Waals surface area contributed by atoms with Gasteiger partial charge in [0, 0.05) is 17.5 Å². The van der Waals surface area contributed by atoms with Crippen LogP contribution in [-0.2, 0) is 5.75 Å². The molecule has 1 rings (SSSR count). The van der Waals surface area contributed by atoms with Gasteiger partial charge in [-0.1, -0.05) is 0 Å². The predicted molar refractivity (Wildman–Crippen MR) is 54.6 cm³/mol. The smallest absolute Gasteiger partial charge is 0.138 e. The van der Waals surface area contributed by atoms with Crippen molar-refractivity contribution in [3.05, 3.63) is 23.3 Å². The average molecular weight is 198 g/mol. The standard InChI is InChI=1S/C9H14N2OS/c1-6-8(7(2)12)4-10-9(11-6)5-13-3/h4,7,12H,5H2,1-3H3. The van der Waals surface area contributed by atoms with Gasteiger partial charge in [0.25, 0.3) is 0 Å². The van der Waals surface area contributed by atoms with Crippen LogP contribution in [0.2, 0.25) is 0 Å². The molecule has 72 valence electrons. The minimum Gasteiger partial charge on any atom is -0.389 e. The van der Waals surface area contributed by atoms with Gasteiger partial charge in [-0.2, -0.15) is 11.8 Å². The van der Waals surface area contributed by atoms with Gasteiger partial charge in [0.15, 0.2) is 0 Å². The molecule has 3 nitrogen and oxygen atoms in total. The van der Waals surface area contributed by atoms with Crippen molar-refractivity contribution in [2.75, 3.05) is 6.26 Å². The third-order valence-corrected chi connectivity index (χ3v) is 2.34. The number of aryl methyl sites for hydroxylation is 1. The molecule has 0 fully saturated rings. The van der Waals surface area contributed by atoms with Crippen molar-refractivity contribution < 1.29 is 5.11 Å². The molecule has 1 atom stereocenters. The van der Waals surface area contributed by atoms with E-state index in [1.54, 1.807) is 24.9 Å². The number of aliphatic hydroxyl groups excluding tert-OH is 1. The zero-order valence-electron chi connectivity index (χ0n) is 8.11. The van der Waals surface area contributed by atoms with Gasteiger partial charge in [-0.05, 0) is 20.1 Å². The van der Waals surface area contributed by atoms with Crippen LogP contribution in [0.15, 0.2) is 6.20 Å². The summed E-state index contributed by atoms with van der Waals surface area (Å²) in [6, 6.07) is 0. The zero-order chi connectivity index (χ0) is 9.84. The molecule has 1 N–H and O–H groups in total. The van der Waals surface area contributed by atoms with Crippen LogP contribution in [0.25, 0.3) is 0 Å². The van der Waals surface area contributed by atoms with Gasteiger partial charge >= 0.3 is 0 Å². The molecule has 0 aliphatic rings. The molecule has 1 aromatic heterocycles. The molecule has 0 aliphatic heterocycles. The van der Waals surface area contributed by atoms with E-state index >= 15 is 0 Å². The molecule has 0 saturated heterocycles. The molecule has 1 heterocycles. The first-order valence-corrected chi connectivity index (χ1v) is 5.54. The summed E-state index contributed by atoms with van der Waals surface area (Å²) < 4.78 is 0. The van der Waals surface area contributed by atoms with E-state index in [2.05, 4.69) is 9.97 Å². The topological polar surface area (TPSA) is 46.0 Å². The van der Waals surface area contributed by atoms with Crippen LogP contribution in [0.5, 0.6) is 0 Å². The maximum Gasteiger partial charge on any atom is 0.138 e. The lowest BCUT2D eigenvalue weighted by molar-refractivity contribution is 0.197. The monoisotopic (exact) mass is 198 g/mol. The fourth-order valence-electron chi connectivity index (χ4n) is 1.13. The van der Waals surface area contributed by atoms with E-state index in [1.807, 2.05) is 13.2 Å². The quantitative estimate of drug-likeness (QED) is 0.803. The summed E-state index contributed by atoms with van der Waals surface area (Å²) in [5.41, 5.74) is 1.68. The van der Waals surface area contributed by atoms with E-state index in [9.17, 15) is 5.11 Å². The Morgan fingerprint density at radius 1 is 1.62 bits per heavy atom. The first-order chi connectivity index (χ1) is 6.15. The number of hydrogen-bond donors (Lipinski definition) is 1. The van der Waals surface area contributed by atoms with Crippen LogP contribution < -0.4 is 0 Å². The van der Waals surface area contributed by atoms with Gasteiger partial charge in [0.2, 0.25) is 0 Å². The summed E-state index contributed by atoms with van der Waals surface area (Å²) in [5.74, 6) is 1.65. The summed E-state index contributed by atoms with van der Waals surface area (Å²) in [5, 5.41) is 9.34. The van der Waals surface area contributed by atoms with Gasteiger partial charge < -0.3 is 5.11 Å². The Kier molecular flexibility index (Phi) is 3.69. The van der Waals surface area contributed by atoms with Gasteiger partial charge in [0.05, 0.1) is 11.9 Å². The highest BCUT2D eigenvalue weighted by Crippen LogP contribution is 2.15. The SMILES string of the molecule is CSCc1ncc(C(C)O)c(C)n1. The second kappa shape index (κ2) is 4.58. The molecule has 1 aromatic rings. The number of hydrogen-bond acceptors (Lipinski definition) is 4. The van der Waals surface area contributed by atoms with E-state index in [4.69, 9.17) is 0 Å². The minimum atomic E-state index is -0.483. The molecular weight excluding hydrogens is 184 g/mol. The molecule has 0 aromatic carbocycles. The highest BCUT2D eigenvalue weighted by Gasteiger charge is 2.07. The number of rotatable bonds is 3. The first kappa shape index (κ1) is 10.5. The van der Waals surface area contributed by atoms with Crippen LogP contribution in [0, 0.1) is 6.92 Å². The molecule has 0 radical (unpaired) electrons. The summed E-state index contributed by atoms with van der Waals surface area (Å²) >= 11 is 1.69. The maximum absolute atomic E-state index is 9.34. The Labute approximate surface area is 82.6 Å². The van der Waals surface area contributed by atoms with Crippen LogP contribution >= 0.6 is 11.8 Å². The molecule has 0 spiro atoms. The second-order valence-electron chi connectivity index (χ2n) is 2.94. The fraction of sp³-hybridized carbons (Fsp3) is 0.556.